The summed E-state index contributed by atoms with van der Waals surface area (Å²) in [6.45, 7) is 12.2. The van der Waals surface area contributed by atoms with Gasteiger partial charge in [0.25, 0.3) is 0 Å². The number of aromatic nitrogens is 1. The number of hydrogen-bond acceptors (Lipinski definition) is 9. The zero-order valence-corrected chi connectivity index (χ0v) is 34.0. The number of carboxylic acid groups (broad SMARTS) is 1. The summed E-state index contributed by atoms with van der Waals surface area (Å²) < 4.78 is 19.1. The second-order valence-corrected chi connectivity index (χ2v) is 16.4. The molecule has 4 heterocycles. The maximum atomic E-state index is 12.1. The van der Waals surface area contributed by atoms with Gasteiger partial charge >= 0.3 is 5.97 Å². The number of nitrogens with zero attached hydrogens (tertiary/aromatic N) is 4. The monoisotopic (exact) mass is 791 g/mol. The summed E-state index contributed by atoms with van der Waals surface area (Å²) in [5, 5.41) is 23.3. The summed E-state index contributed by atoms with van der Waals surface area (Å²) in [7, 11) is 0. The van der Waals surface area contributed by atoms with Crippen molar-refractivity contribution in [2.45, 2.75) is 84.6 Å². The topological polar surface area (TPSA) is 120 Å². The lowest BCUT2D eigenvalue weighted by atomic mass is 9.80. The van der Waals surface area contributed by atoms with E-state index in [-0.39, 0.29) is 13.2 Å². The van der Waals surface area contributed by atoms with Crippen molar-refractivity contribution in [1.29, 1.82) is 5.26 Å². The maximum Gasteiger partial charge on any atom is 0.320 e. The smallest absolute Gasteiger partial charge is 0.320 e. The largest absolute Gasteiger partial charge is 0.493 e. The van der Waals surface area contributed by atoms with Gasteiger partial charge in [0.05, 0.1) is 17.2 Å². The molecule has 11 heteroatoms. The van der Waals surface area contributed by atoms with E-state index < -0.39 is 12.0 Å². The predicted octanol–water partition coefficient (Wildman–Crippen LogP) is 8.33. The number of aliphatic carboxylic acids is 1. The van der Waals surface area contributed by atoms with Crippen LogP contribution in [0.2, 0.25) is 5.02 Å². The zero-order valence-electron chi connectivity index (χ0n) is 33.2. The molecule has 0 aliphatic carbocycles. The number of rotatable bonds is 15. The first-order valence-electron chi connectivity index (χ1n) is 20.4. The van der Waals surface area contributed by atoms with Crippen molar-refractivity contribution in [3.63, 3.8) is 0 Å². The van der Waals surface area contributed by atoms with Crippen molar-refractivity contribution in [1.82, 2.24) is 20.1 Å². The molecule has 1 spiro atoms. The molecule has 3 saturated heterocycles. The van der Waals surface area contributed by atoms with Crippen LogP contribution in [0.5, 0.6) is 17.2 Å². The Morgan fingerprint density at radius 3 is 2.58 bits per heavy atom. The van der Waals surface area contributed by atoms with Crippen molar-refractivity contribution < 1.29 is 24.1 Å². The highest BCUT2D eigenvalue weighted by atomic mass is 35.5. The van der Waals surface area contributed by atoms with Gasteiger partial charge in [-0.25, -0.2) is 0 Å². The lowest BCUT2D eigenvalue weighted by Gasteiger charge is -2.34. The van der Waals surface area contributed by atoms with Crippen molar-refractivity contribution in [3.05, 3.63) is 105 Å². The first-order chi connectivity index (χ1) is 27.7. The highest BCUT2D eigenvalue weighted by Crippen LogP contribution is 2.38. The molecule has 10 nitrogen and oxygen atoms in total. The fourth-order valence-corrected chi connectivity index (χ4v) is 9.07. The lowest BCUT2D eigenvalue weighted by molar-refractivity contribution is -0.144. The molecule has 3 fully saturated rings. The number of hydrogen-bond donors (Lipinski definition) is 2. The van der Waals surface area contributed by atoms with Crippen molar-refractivity contribution in [2.75, 3.05) is 45.9 Å². The minimum atomic E-state index is -0.826. The predicted molar refractivity (Wildman–Crippen MR) is 222 cm³/mol. The number of ether oxygens (including phenoxy) is 3. The Morgan fingerprint density at radius 2 is 1.77 bits per heavy atom. The maximum absolute atomic E-state index is 12.1. The fourth-order valence-electron chi connectivity index (χ4n) is 8.83. The van der Waals surface area contributed by atoms with Crippen LogP contribution in [0, 0.1) is 30.6 Å². The Balaban J connectivity index is 1.03. The van der Waals surface area contributed by atoms with E-state index in [1.807, 2.05) is 11.0 Å². The first kappa shape index (κ1) is 40.5. The average Bonchev–Trinajstić information content (AvgIpc) is 3.61. The molecule has 4 aromatic rings. The van der Waals surface area contributed by atoms with Crippen LogP contribution in [-0.4, -0.2) is 77.8 Å². The van der Waals surface area contributed by atoms with Crippen LogP contribution < -0.4 is 19.5 Å². The third kappa shape index (κ3) is 9.90. The summed E-state index contributed by atoms with van der Waals surface area (Å²) in [4.78, 5) is 20.9. The molecule has 57 heavy (non-hydrogen) atoms. The highest BCUT2D eigenvalue weighted by molar-refractivity contribution is 6.32. The summed E-state index contributed by atoms with van der Waals surface area (Å²) >= 11 is 6.89. The highest BCUT2D eigenvalue weighted by Gasteiger charge is 2.38. The molecule has 0 bridgehead atoms. The molecule has 3 aromatic carbocycles. The number of carboxylic acids is 1. The van der Waals surface area contributed by atoms with E-state index in [2.05, 4.69) is 71.5 Å². The number of nitrogens with one attached hydrogen (secondary N) is 1. The van der Waals surface area contributed by atoms with Gasteiger partial charge in [0.1, 0.15) is 42.6 Å². The number of halogens is 1. The number of pyridine rings is 1. The van der Waals surface area contributed by atoms with Gasteiger partial charge in [-0.2, -0.15) is 5.26 Å². The average molecular weight is 792 g/mol. The molecular formula is C46H54ClN5O5. The third-order valence-corrected chi connectivity index (χ3v) is 12.4. The second-order valence-electron chi connectivity index (χ2n) is 16.0. The van der Waals surface area contributed by atoms with E-state index in [4.69, 9.17) is 25.8 Å². The number of benzene rings is 3. The van der Waals surface area contributed by atoms with Gasteiger partial charge in [0.2, 0.25) is 0 Å². The number of likely N-dealkylation sites (tertiary alicyclic amines) is 2. The number of nitriles is 1. The van der Waals surface area contributed by atoms with Crippen LogP contribution in [0.4, 0.5) is 0 Å². The molecule has 0 saturated carbocycles. The van der Waals surface area contributed by atoms with Crippen molar-refractivity contribution in [2.24, 2.45) is 5.41 Å². The quantitative estimate of drug-likeness (QED) is 0.114. The van der Waals surface area contributed by atoms with Gasteiger partial charge < -0.3 is 29.5 Å². The molecule has 3 aliphatic rings. The van der Waals surface area contributed by atoms with Crippen molar-refractivity contribution in [3.8, 4) is 34.4 Å². The zero-order chi connectivity index (χ0) is 39.8. The molecule has 1 unspecified atom stereocenters. The van der Waals surface area contributed by atoms with E-state index in [1.54, 1.807) is 18.3 Å². The van der Waals surface area contributed by atoms with Gasteiger partial charge in [-0.15, -0.1) is 0 Å². The molecule has 0 radical (unpaired) electrons. The van der Waals surface area contributed by atoms with E-state index >= 15 is 0 Å². The Bertz CT molecular complexity index is 2080. The Labute approximate surface area is 341 Å². The van der Waals surface area contributed by atoms with Crippen LogP contribution >= 0.6 is 11.6 Å². The lowest BCUT2D eigenvalue weighted by Crippen LogP contribution is -2.44. The minimum Gasteiger partial charge on any atom is -0.493 e. The molecule has 2 N–H and O–H groups in total. The van der Waals surface area contributed by atoms with Crippen molar-refractivity contribution >= 4 is 17.6 Å². The molecule has 300 valence electrons. The Hall–Kier alpha value is -4.66. The molecular weight excluding hydrogens is 738 g/mol. The number of carbonyl (C=O) groups is 1. The van der Waals surface area contributed by atoms with Gasteiger partial charge in [0.15, 0.2) is 0 Å². The first-order valence-corrected chi connectivity index (χ1v) is 20.7. The normalized spacial score (nSPS) is 20.0. The van der Waals surface area contributed by atoms with E-state index in [9.17, 15) is 15.2 Å². The van der Waals surface area contributed by atoms with Crippen LogP contribution in [0.1, 0.15) is 78.3 Å². The number of piperidine rings is 2. The van der Waals surface area contributed by atoms with Gasteiger partial charge in [-0.3, -0.25) is 14.7 Å². The van der Waals surface area contributed by atoms with E-state index in [1.165, 1.54) is 38.5 Å². The second kappa shape index (κ2) is 18.7. The summed E-state index contributed by atoms with van der Waals surface area (Å²) in [6.07, 6.45) is 10.5. The molecule has 1 aromatic heterocycles. The van der Waals surface area contributed by atoms with Gasteiger partial charge in [-0.1, -0.05) is 48.4 Å². The molecule has 3 aliphatic heterocycles. The van der Waals surface area contributed by atoms with E-state index in [0.29, 0.717) is 53.6 Å². The summed E-state index contributed by atoms with van der Waals surface area (Å²) in [5.41, 5.74) is 7.92. The Kier molecular flexibility index (Phi) is 13.3. The summed E-state index contributed by atoms with van der Waals surface area (Å²) in [6, 6.07) is 19.4. The fraction of sp³-hybridized carbons (Fsp3) is 0.457. The van der Waals surface area contributed by atoms with Gasteiger partial charge in [-0.05, 0) is 123 Å². The Morgan fingerprint density at radius 1 is 0.947 bits per heavy atom. The third-order valence-electron chi connectivity index (χ3n) is 12.1. The van der Waals surface area contributed by atoms with Crippen LogP contribution in [0.3, 0.4) is 0 Å². The van der Waals surface area contributed by atoms with Crippen LogP contribution in [0.25, 0.3) is 11.1 Å². The van der Waals surface area contributed by atoms with Crippen LogP contribution in [0.15, 0.2) is 67.0 Å². The summed E-state index contributed by atoms with van der Waals surface area (Å²) in [5.74, 6) is 1.09. The minimum absolute atomic E-state index is 0.166. The standard InChI is InChI=1S/C46H54ClN5O5/c1-32-36(9-5-10-38(32)39-11-6-13-42(33(39)2)55-20-8-17-51-19-15-46(31-51)14-7-16-49-30-46)29-57-44-23-43(56-28-35-21-34(24-48)25-50-26-35)37(22-40(44)47)27-52-18-4-3-12-41(52)45(53)54/h5-6,9-11,13,21-23,25-26,41,49H,3-4,7-8,12,14-20,27-31H2,1-2H3,(H,53,54)/t41-,46?/m0/s1. The molecule has 2 atom stereocenters. The van der Waals surface area contributed by atoms with Crippen LogP contribution in [-0.2, 0) is 24.6 Å². The van der Waals surface area contributed by atoms with Gasteiger partial charge in [0, 0.05) is 55.8 Å². The molecule has 0 amide bonds. The van der Waals surface area contributed by atoms with E-state index in [0.717, 1.165) is 83.6 Å². The molecule has 7 rings (SSSR count). The SMILES string of the molecule is Cc1c(COc2cc(OCc3cncc(C#N)c3)c(CN3CCCC[C@H]3C(=O)O)cc2Cl)cccc1-c1cccc(OCCCN2CCC3(CCCNC3)C2)c1C.